The summed E-state index contributed by atoms with van der Waals surface area (Å²) >= 11 is -0.420. The summed E-state index contributed by atoms with van der Waals surface area (Å²) in [7, 11) is 0. The molecule has 6 unspecified atom stereocenters. The van der Waals surface area contributed by atoms with Gasteiger partial charge in [0.25, 0.3) is 0 Å². The molecule has 0 radical (unpaired) electrons. The minimum absolute atomic E-state index is 0. The fraction of sp³-hybridized carbons (Fsp3) is 0.875. The molecule has 5 rings (SSSR count). The third-order valence-corrected chi connectivity index (χ3v) is 10.0. The zero-order valence-electron chi connectivity index (χ0n) is 18.9. The van der Waals surface area contributed by atoms with Gasteiger partial charge in [-0.05, 0) is 25.2 Å². The Bertz CT molecular complexity index is 603. The zero-order valence-corrected chi connectivity index (χ0v) is 25.3. The number of carbonyl (C=O) groups excluding carboxylic acids is 1. The van der Waals surface area contributed by atoms with Gasteiger partial charge in [-0.25, -0.2) is 6.40 Å². The van der Waals surface area contributed by atoms with Crippen molar-refractivity contribution in [2.75, 3.05) is 17.6 Å². The largest absolute Gasteiger partial charge is 2.00 e. The summed E-state index contributed by atoms with van der Waals surface area (Å²) in [6, 6.07) is 0. The monoisotopic (exact) mass is 784 g/mol. The maximum Gasteiger partial charge on any atom is 2.00 e. The van der Waals surface area contributed by atoms with Gasteiger partial charge in [0.05, 0.1) is 12.2 Å². The molecule has 0 amide bonds. The Morgan fingerprint density at radius 2 is 1.44 bits per heavy atom. The Labute approximate surface area is 227 Å². The summed E-state index contributed by atoms with van der Waals surface area (Å²) < 4.78 is 22.4. The second-order valence-corrected chi connectivity index (χ2v) is 12.4. The molecule has 0 aromatic heterocycles. The average Bonchev–Trinajstić information content (AvgIpc) is 3.70. The van der Waals surface area contributed by atoms with Gasteiger partial charge in [0.2, 0.25) is 0 Å². The number of alkyl halides is 1. The van der Waals surface area contributed by atoms with Crippen molar-refractivity contribution >= 4 is 10.4 Å². The van der Waals surface area contributed by atoms with Gasteiger partial charge in [0.15, 0.2) is 0 Å². The molecule has 2 heterocycles. The maximum atomic E-state index is 11.9. The van der Waals surface area contributed by atoms with E-state index in [9.17, 15) is 4.79 Å². The van der Waals surface area contributed by atoms with E-state index in [-0.39, 0.29) is 35.1 Å². The first-order chi connectivity index (χ1) is 15.1. The molecule has 6 atom stereocenters. The van der Waals surface area contributed by atoms with Crippen molar-refractivity contribution in [3.8, 4) is 0 Å². The predicted molar refractivity (Wildman–Crippen MR) is 113 cm³/mol. The van der Waals surface area contributed by atoms with Crippen LogP contribution in [0.3, 0.4) is 0 Å². The Morgan fingerprint density at radius 3 is 2.00 bits per heavy atom. The topological polar surface area (TPSA) is 84.4 Å². The van der Waals surface area contributed by atoms with Crippen LogP contribution in [-0.4, -0.2) is 52.4 Å². The first-order valence-electron chi connectivity index (χ1n) is 12.0. The van der Waals surface area contributed by atoms with E-state index in [0.29, 0.717) is 55.4 Å². The molecule has 32 heavy (non-hydrogen) atoms. The number of nitrogens with one attached hydrogen (secondary N) is 1. The fourth-order valence-electron chi connectivity index (χ4n) is 5.22. The number of ether oxygens (including phenoxy) is 4. The Kier molecular flexibility index (Phi) is 11.6. The summed E-state index contributed by atoms with van der Waals surface area (Å²) in [5.74, 6) is 2.56. The van der Waals surface area contributed by atoms with Crippen LogP contribution in [0.2, 0.25) is 0 Å². The number of hydrogen-bond donors (Lipinski definition) is 1. The van der Waals surface area contributed by atoms with Gasteiger partial charge in [-0.15, -0.1) is 0 Å². The number of halogens is 1. The van der Waals surface area contributed by atoms with Crippen molar-refractivity contribution in [3.05, 3.63) is 6.92 Å². The van der Waals surface area contributed by atoms with E-state index in [2.05, 4.69) is 6.92 Å². The molecule has 2 saturated heterocycles. The number of fused-ring (bicyclic) bond motifs is 2. The van der Waals surface area contributed by atoms with Crippen molar-refractivity contribution in [2.24, 2.45) is 23.7 Å². The molecule has 3 saturated carbocycles. The number of epoxide rings is 2. The van der Waals surface area contributed by atoms with E-state index in [0.717, 1.165) is 29.6 Å². The second-order valence-electron chi connectivity index (χ2n) is 9.92. The van der Waals surface area contributed by atoms with E-state index in [1.807, 2.05) is 6.40 Å². The van der Waals surface area contributed by atoms with Crippen LogP contribution >= 0.6 is 0 Å². The normalized spacial score (nSPS) is 39.2. The van der Waals surface area contributed by atoms with Gasteiger partial charge in [-0.3, -0.25) is 0 Å². The Hall–Kier alpha value is 0.642. The van der Waals surface area contributed by atoms with E-state index < -0.39 is 21.2 Å². The molecule has 6 nitrogen and oxygen atoms in total. The number of carbonyl (C=O) groups is 1. The smallest absolute Gasteiger partial charge is 2.00 e. The third-order valence-electron chi connectivity index (χ3n) is 7.42. The molecular formula is C24H37INO5U-. The van der Waals surface area contributed by atoms with Crippen LogP contribution in [-0.2, 0) is 18.9 Å². The minimum atomic E-state index is -0.420. The summed E-state index contributed by atoms with van der Waals surface area (Å²) in [5, 5.41) is 6.58. The van der Waals surface area contributed by atoms with Gasteiger partial charge < -0.3 is 14.9 Å². The van der Waals surface area contributed by atoms with Gasteiger partial charge in [0, 0.05) is 6.61 Å². The zero-order chi connectivity index (χ0) is 21.6. The first-order valence-corrected chi connectivity index (χ1v) is 14.6. The fourth-order valence-corrected chi connectivity index (χ4v) is 7.48. The summed E-state index contributed by atoms with van der Waals surface area (Å²) in [4.78, 5) is 11.9. The molecule has 2 aliphatic heterocycles. The van der Waals surface area contributed by atoms with Crippen molar-refractivity contribution in [1.82, 2.24) is 0 Å². The summed E-state index contributed by atoms with van der Waals surface area (Å²) in [5.41, 5.74) is 0. The van der Waals surface area contributed by atoms with Crippen LogP contribution in [0.15, 0.2) is 0 Å². The van der Waals surface area contributed by atoms with Crippen molar-refractivity contribution < 1.29 is 76.1 Å². The molecular weight excluding hydrogens is 747 g/mol. The number of hydrogen-bond acceptors (Lipinski definition) is 6. The average molecular weight is 784 g/mol. The molecule has 180 valence electrons. The van der Waals surface area contributed by atoms with Crippen LogP contribution in [0.5, 0.6) is 0 Å². The second kappa shape index (κ2) is 13.7. The summed E-state index contributed by atoms with van der Waals surface area (Å²) in [6.45, 7) is 5.41. The first kappa shape index (κ1) is 27.2. The molecule has 3 aliphatic carbocycles. The minimum Gasteiger partial charge on any atom is 2.00 e. The standard InChI is InChI=1S/C16H25IO3.C8H12NO2.U/c1-11-2-4-12(5-3-11)9-17-16(18)19-10-13-6-7-14-15(8-13)20-14;9-5-10-4-6-1-2-7-8(3-6)11-7;/h11-15H,1-10H2;6-9H,1-4H2;/q-2;-1;+2. The predicted octanol–water partition coefficient (Wildman–Crippen LogP) is 1.47. The third kappa shape index (κ3) is 9.02. The van der Waals surface area contributed by atoms with Crippen molar-refractivity contribution in [3.63, 3.8) is 0 Å². The van der Waals surface area contributed by atoms with Crippen LogP contribution in [0.4, 0.5) is 4.79 Å². The van der Waals surface area contributed by atoms with Gasteiger partial charge >= 0.3 is 163 Å². The molecule has 0 bridgehead atoms. The molecule has 0 aromatic rings. The molecule has 5 aliphatic rings. The van der Waals surface area contributed by atoms with Gasteiger partial charge in [-0.2, -0.15) is 0 Å². The van der Waals surface area contributed by atoms with E-state index in [1.165, 1.54) is 44.9 Å². The van der Waals surface area contributed by atoms with Crippen LogP contribution < -0.4 is 21.2 Å². The van der Waals surface area contributed by atoms with E-state index >= 15 is 0 Å². The molecule has 1 N–H and O–H groups in total. The number of rotatable bonds is 8. The molecule has 0 spiro atoms. The maximum absolute atomic E-state index is 11.9. The Balaban J connectivity index is 0.000000204. The molecule has 5 fully saturated rings. The van der Waals surface area contributed by atoms with Crippen LogP contribution in [0, 0.1) is 67.1 Å². The summed E-state index contributed by atoms with van der Waals surface area (Å²) in [6.07, 6.45) is 16.0. The quantitative estimate of drug-likeness (QED) is 0.0768. The van der Waals surface area contributed by atoms with Gasteiger partial charge in [-0.1, -0.05) is 0 Å². The van der Waals surface area contributed by atoms with E-state index in [1.54, 1.807) is 0 Å². The van der Waals surface area contributed by atoms with E-state index in [4.69, 9.17) is 24.4 Å². The molecule has 0 aromatic carbocycles. The van der Waals surface area contributed by atoms with Crippen molar-refractivity contribution in [1.29, 1.82) is 5.41 Å². The van der Waals surface area contributed by atoms with Gasteiger partial charge in [0.1, 0.15) is 0 Å². The Morgan fingerprint density at radius 1 is 0.875 bits per heavy atom. The van der Waals surface area contributed by atoms with Crippen LogP contribution in [0.25, 0.3) is 0 Å². The van der Waals surface area contributed by atoms with Crippen molar-refractivity contribution in [2.45, 2.75) is 88.6 Å². The SMILES string of the molecule is N=[C-]OCC1CCC2OC2C1.[CH2-]C1CCC(C[I-]C(=O)OCC2CCC3OC3C2)CC1.[U+2]. The van der Waals surface area contributed by atoms with Crippen LogP contribution in [0.1, 0.15) is 64.2 Å². The molecule has 8 heteroatoms.